The second kappa shape index (κ2) is 10.4. The molecule has 2 aliphatic rings. The molecule has 0 amide bonds. The highest BCUT2D eigenvalue weighted by Crippen LogP contribution is 2.63. The summed E-state index contributed by atoms with van der Waals surface area (Å²) in [4.78, 5) is 0. The standard InChI is InChI=1S/C30H48/c1-10-26(30(20-21-30)29(7,8)9)17-16-24(6)27(22(2)3)18-19-28(23(4)5)25-14-12-11-13-15-25/h10,17-18,22,25,28H,4,11-15,19-21H2,1-3,5-9H3/b26-10+,27-18+. The molecule has 1 atom stereocenters. The number of allylic oxidation sites excluding steroid dienone is 6. The van der Waals surface area contributed by atoms with E-state index in [-0.39, 0.29) is 0 Å². The van der Waals surface area contributed by atoms with Crippen LogP contribution in [0.1, 0.15) is 107 Å². The predicted octanol–water partition coefficient (Wildman–Crippen LogP) is 9.61. The van der Waals surface area contributed by atoms with Crippen LogP contribution in [0.25, 0.3) is 0 Å². The molecular formula is C30H48. The molecule has 0 bridgehead atoms. The molecule has 2 rings (SSSR count). The van der Waals surface area contributed by atoms with Gasteiger partial charge in [-0.3, -0.25) is 0 Å². The van der Waals surface area contributed by atoms with Gasteiger partial charge < -0.3 is 0 Å². The van der Waals surface area contributed by atoms with Crippen LogP contribution in [0.2, 0.25) is 0 Å². The summed E-state index contributed by atoms with van der Waals surface area (Å²) >= 11 is 0. The third-order valence-corrected chi connectivity index (χ3v) is 7.99. The maximum Gasteiger partial charge on any atom is 0.000498 e. The largest absolute Gasteiger partial charge is 0.117 e. The van der Waals surface area contributed by atoms with Crippen molar-refractivity contribution in [2.75, 3.05) is 0 Å². The molecule has 2 fully saturated rings. The number of rotatable bonds is 8. The normalized spacial score (nSPS) is 21.2. The molecule has 0 heteroatoms. The lowest BCUT2D eigenvalue weighted by Crippen LogP contribution is -2.23. The van der Waals surface area contributed by atoms with Crippen LogP contribution in [-0.2, 0) is 0 Å². The smallest absolute Gasteiger partial charge is 0.000498 e. The molecule has 30 heavy (non-hydrogen) atoms. The van der Waals surface area contributed by atoms with Crippen LogP contribution in [0, 0.1) is 28.6 Å². The van der Waals surface area contributed by atoms with Crippen LogP contribution < -0.4 is 0 Å². The van der Waals surface area contributed by atoms with Gasteiger partial charge in [0.2, 0.25) is 0 Å². The Balaban J connectivity index is 2.25. The third-order valence-electron chi connectivity index (χ3n) is 7.99. The van der Waals surface area contributed by atoms with E-state index >= 15 is 0 Å². The lowest BCUT2D eigenvalue weighted by molar-refractivity contribution is 0.260. The lowest BCUT2D eigenvalue weighted by Gasteiger charge is -2.32. The van der Waals surface area contributed by atoms with Gasteiger partial charge in [-0.25, -0.2) is 0 Å². The number of hydrogen-bond acceptors (Lipinski definition) is 0. The third kappa shape index (κ3) is 5.91. The summed E-state index contributed by atoms with van der Waals surface area (Å²) in [5, 5.41) is 0. The van der Waals surface area contributed by atoms with Crippen LogP contribution in [0.3, 0.4) is 0 Å². The average Bonchev–Trinajstić information content (AvgIpc) is 3.47. The summed E-state index contributed by atoms with van der Waals surface area (Å²) < 4.78 is 0. The highest BCUT2D eigenvalue weighted by atomic mass is 14.6. The fourth-order valence-electron chi connectivity index (χ4n) is 5.77. The van der Waals surface area contributed by atoms with Gasteiger partial charge in [0.05, 0.1) is 0 Å². The summed E-state index contributed by atoms with van der Waals surface area (Å²) in [6.45, 7) is 22.8. The van der Waals surface area contributed by atoms with E-state index in [0.717, 1.165) is 12.3 Å². The van der Waals surface area contributed by atoms with Crippen molar-refractivity contribution in [2.24, 2.45) is 28.6 Å². The molecule has 0 N–H and O–H groups in total. The summed E-state index contributed by atoms with van der Waals surface area (Å²) in [5.74, 6) is 1.99. The van der Waals surface area contributed by atoms with E-state index in [1.807, 2.05) is 0 Å². The highest BCUT2D eigenvalue weighted by molar-refractivity contribution is 5.38. The molecule has 0 aliphatic heterocycles. The van der Waals surface area contributed by atoms with Crippen molar-refractivity contribution >= 4 is 0 Å². The first-order chi connectivity index (χ1) is 14.0. The molecular weight excluding hydrogens is 360 g/mol. The minimum atomic E-state index is 0.312. The van der Waals surface area contributed by atoms with Gasteiger partial charge in [-0.05, 0) is 98.8 Å². The van der Waals surface area contributed by atoms with Crippen molar-refractivity contribution in [1.29, 1.82) is 0 Å². The van der Waals surface area contributed by atoms with Crippen LogP contribution >= 0.6 is 0 Å². The molecule has 0 nitrogen and oxygen atoms in total. The molecule has 0 radical (unpaired) electrons. The van der Waals surface area contributed by atoms with Gasteiger partial charge in [0.15, 0.2) is 0 Å². The molecule has 0 aromatic rings. The zero-order chi connectivity index (χ0) is 22.5. The summed E-state index contributed by atoms with van der Waals surface area (Å²) in [6.07, 6.45) is 17.9. The molecule has 2 aliphatic carbocycles. The molecule has 2 saturated carbocycles. The fraction of sp³-hybridized carbons (Fsp3) is 0.700. The quantitative estimate of drug-likeness (QED) is 0.213. The van der Waals surface area contributed by atoms with E-state index in [9.17, 15) is 0 Å². The van der Waals surface area contributed by atoms with Crippen LogP contribution in [-0.4, -0.2) is 0 Å². The van der Waals surface area contributed by atoms with Gasteiger partial charge in [0, 0.05) is 5.41 Å². The Kier molecular flexibility index (Phi) is 8.64. The minimum absolute atomic E-state index is 0.312. The lowest BCUT2D eigenvalue weighted by atomic mass is 9.72. The molecule has 1 unspecified atom stereocenters. The monoisotopic (exact) mass is 408 g/mol. The Bertz CT molecular complexity index is 714. The van der Waals surface area contributed by atoms with Crippen molar-refractivity contribution < 1.29 is 0 Å². The zero-order valence-corrected chi connectivity index (χ0v) is 21.3. The van der Waals surface area contributed by atoms with E-state index in [1.54, 1.807) is 0 Å². The summed E-state index contributed by atoms with van der Waals surface area (Å²) in [5.41, 5.74) is 9.97. The maximum atomic E-state index is 4.36. The van der Waals surface area contributed by atoms with Crippen molar-refractivity contribution in [3.05, 3.63) is 52.8 Å². The second-order valence-electron chi connectivity index (χ2n) is 11.4. The summed E-state index contributed by atoms with van der Waals surface area (Å²) in [7, 11) is 0. The first-order valence-corrected chi connectivity index (χ1v) is 12.5. The first kappa shape index (κ1) is 25.0. The topological polar surface area (TPSA) is 0 Å². The molecule has 0 aromatic heterocycles. The first-order valence-electron chi connectivity index (χ1n) is 12.5. The Morgan fingerprint density at radius 3 is 2.13 bits per heavy atom. The van der Waals surface area contributed by atoms with Gasteiger partial charge in [-0.2, -0.15) is 0 Å². The van der Waals surface area contributed by atoms with E-state index in [4.69, 9.17) is 0 Å². The van der Waals surface area contributed by atoms with Crippen molar-refractivity contribution in [3.63, 3.8) is 0 Å². The highest BCUT2D eigenvalue weighted by Gasteiger charge is 2.53. The minimum Gasteiger partial charge on any atom is -0.117 e. The van der Waals surface area contributed by atoms with Gasteiger partial charge in [-0.15, -0.1) is 5.73 Å². The average molecular weight is 409 g/mol. The summed E-state index contributed by atoms with van der Waals surface area (Å²) in [6, 6.07) is 0. The SMILES string of the molecule is C=C(C)C(C/C=C(/C(C)=C=C/C(=C\C)C1(C(C)(C)C)CC1)C(C)C)C1CCCCC1. The zero-order valence-electron chi connectivity index (χ0n) is 21.3. The Labute approximate surface area is 188 Å². The second-order valence-corrected chi connectivity index (χ2v) is 11.4. The Hall–Kier alpha value is -1.26. The van der Waals surface area contributed by atoms with Gasteiger partial charge >= 0.3 is 0 Å². The van der Waals surface area contributed by atoms with E-state index in [0.29, 0.717) is 22.7 Å². The fourth-order valence-corrected chi connectivity index (χ4v) is 5.77. The van der Waals surface area contributed by atoms with Crippen LogP contribution in [0.15, 0.2) is 52.8 Å². The predicted molar refractivity (Wildman–Crippen MR) is 135 cm³/mol. The Morgan fingerprint density at radius 1 is 1.10 bits per heavy atom. The van der Waals surface area contributed by atoms with E-state index < -0.39 is 0 Å². The van der Waals surface area contributed by atoms with Gasteiger partial charge in [0.1, 0.15) is 0 Å². The molecule has 0 saturated heterocycles. The van der Waals surface area contributed by atoms with Crippen molar-refractivity contribution in [3.8, 4) is 0 Å². The van der Waals surface area contributed by atoms with Crippen LogP contribution in [0.4, 0.5) is 0 Å². The van der Waals surface area contributed by atoms with Crippen molar-refractivity contribution in [2.45, 2.75) is 107 Å². The van der Waals surface area contributed by atoms with Crippen LogP contribution in [0.5, 0.6) is 0 Å². The van der Waals surface area contributed by atoms with Gasteiger partial charge in [-0.1, -0.05) is 78.2 Å². The Morgan fingerprint density at radius 2 is 1.70 bits per heavy atom. The molecule has 0 aromatic carbocycles. The molecule has 0 spiro atoms. The van der Waals surface area contributed by atoms with E-state index in [2.05, 4.69) is 85.9 Å². The maximum absolute atomic E-state index is 4.36. The van der Waals surface area contributed by atoms with Gasteiger partial charge in [0.25, 0.3) is 0 Å². The molecule has 168 valence electrons. The van der Waals surface area contributed by atoms with Crippen molar-refractivity contribution in [1.82, 2.24) is 0 Å². The molecule has 0 heterocycles. The number of hydrogen-bond donors (Lipinski definition) is 0. The van der Waals surface area contributed by atoms with E-state index in [1.165, 1.54) is 67.2 Å².